The van der Waals surface area contributed by atoms with Crippen LogP contribution in [0, 0.1) is 5.92 Å². The summed E-state index contributed by atoms with van der Waals surface area (Å²) in [6.07, 6.45) is 9.00. The first-order valence-electron chi connectivity index (χ1n) is 16.5. The molecule has 1 unspecified atom stereocenters. The summed E-state index contributed by atoms with van der Waals surface area (Å²) in [5.74, 6) is -2.03. The largest absolute Gasteiger partial charge is 0.455 e. The number of carbonyl (C=O) groups is 4. The molecule has 0 heterocycles. The van der Waals surface area contributed by atoms with E-state index in [0.717, 1.165) is 52.9 Å². The van der Waals surface area contributed by atoms with Crippen molar-refractivity contribution in [1.29, 1.82) is 0 Å². The predicted molar refractivity (Wildman–Crippen MR) is 164 cm³/mol. The van der Waals surface area contributed by atoms with Gasteiger partial charge in [0.15, 0.2) is 24.4 Å². The Kier molecular flexibility index (Phi) is 20.9. The zero-order chi connectivity index (χ0) is 32.9. The fraction of sp³-hybridized carbons (Fsp3) is 0.879. The van der Waals surface area contributed by atoms with Crippen molar-refractivity contribution in [3.63, 3.8) is 0 Å². The number of hydrogen-bond donors (Lipinski definition) is 1. The quantitative estimate of drug-likeness (QED) is 0.0852. The third kappa shape index (κ3) is 17.3. The predicted octanol–water partition coefficient (Wildman–Crippen LogP) is 5.22. The average molecular weight is 631 g/mol. The van der Waals surface area contributed by atoms with Crippen molar-refractivity contribution in [2.45, 2.75) is 162 Å². The number of ether oxygens (including phenoxy) is 6. The van der Waals surface area contributed by atoms with Gasteiger partial charge in [0.25, 0.3) is 0 Å². The fourth-order valence-electron chi connectivity index (χ4n) is 5.56. The normalized spacial score (nSPS) is 21.4. The topological polar surface area (TPSA) is 144 Å². The van der Waals surface area contributed by atoms with Gasteiger partial charge in [0.05, 0.1) is 13.2 Å². The Morgan fingerprint density at radius 1 is 0.568 bits per heavy atom. The van der Waals surface area contributed by atoms with Gasteiger partial charge in [0.2, 0.25) is 0 Å². The molecule has 0 aromatic rings. The van der Waals surface area contributed by atoms with Crippen molar-refractivity contribution in [1.82, 2.24) is 0 Å². The van der Waals surface area contributed by atoms with E-state index in [0.29, 0.717) is 6.61 Å². The molecule has 0 aliphatic heterocycles. The van der Waals surface area contributed by atoms with Crippen LogP contribution in [0.4, 0.5) is 0 Å². The van der Waals surface area contributed by atoms with E-state index in [1.165, 1.54) is 64.2 Å². The molecule has 1 fully saturated rings. The number of rotatable bonds is 24. The SMILES string of the molecule is CCCCCCC(C)CCCCCCCCCOC[C@H](O)COC1[C@@H](OC(C)=O)[C@H](OC(C)=O)[C@@H](OC(C)=O)[C@@H]1OC(C)=O. The highest BCUT2D eigenvalue weighted by Crippen LogP contribution is 2.34. The van der Waals surface area contributed by atoms with Crippen LogP contribution in [0.25, 0.3) is 0 Å². The molecule has 6 atom stereocenters. The van der Waals surface area contributed by atoms with Crippen LogP contribution in [0.15, 0.2) is 0 Å². The van der Waals surface area contributed by atoms with Crippen LogP contribution in [0.2, 0.25) is 0 Å². The molecule has 1 N–H and O–H groups in total. The van der Waals surface area contributed by atoms with E-state index in [-0.39, 0.29) is 13.2 Å². The summed E-state index contributed by atoms with van der Waals surface area (Å²) >= 11 is 0. The number of hydrogen-bond acceptors (Lipinski definition) is 11. The van der Waals surface area contributed by atoms with E-state index in [1.807, 2.05) is 0 Å². The third-order valence-electron chi connectivity index (χ3n) is 7.65. The molecule has 256 valence electrons. The zero-order valence-corrected chi connectivity index (χ0v) is 27.9. The van der Waals surface area contributed by atoms with Crippen LogP contribution in [-0.2, 0) is 47.6 Å². The molecule has 1 aliphatic carbocycles. The van der Waals surface area contributed by atoms with E-state index in [9.17, 15) is 24.3 Å². The van der Waals surface area contributed by atoms with Gasteiger partial charge >= 0.3 is 23.9 Å². The monoisotopic (exact) mass is 630 g/mol. The lowest BCUT2D eigenvalue weighted by Crippen LogP contribution is -2.42. The van der Waals surface area contributed by atoms with Crippen molar-refractivity contribution in [2.75, 3.05) is 19.8 Å². The van der Waals surface area contributed by atoms with Crippen LogP contribution in [0.1, 0.15) is 125 Å². The number of carbonyl (C=O) groups excluding carboxylic acids is 4. The molecule has 0 bridgehead atoms. The maximum absolute atomic E-state index is 11.9. The lowest BCUT2D eigenvalue weighted by molar-refractivity contribution is -0.180. The first-order valence-corrected chi connectivity index (χ1v) is 16.5. The number of unbranched alkanes of at least 4 members (excludes halogenated alkanes) is 9. The summed E-state index contributed by atoms with van der Waals surface area (Å²) < 4.78 is 32.8. The molecular formula is C33H58O11. The molecule has 11 heteroatoms. The van der Waals surface area contributed by atoms with Gasteiger partial charge < -0.3 is 33.5 Å². The second kappa shape index (κ2) is 23.1. The van der Waals surface area contributed by atoms with Crippen molar-refractivity contribution >= 4 is 23.9 Å². The summed E-state index contributed by atoms with van der Waals surface area (Å²) in [5, 5.41) is 10.5. The first kappa shape index (κ1) is 39.8. The van der Waals surface area contributed by atoms with Crippen LogP contribution in [0.5, 0.6) is 0 Å². The molecule has 0 spiro atoms. The van der Waals surface area contributed by atoms with E-state index in [1.54, 1.807) is 0 Å². The second-order valence-electron chi connectivity index (χ2n) is 12.0. The Balaban J connectivity index is 2.42. The molecule has 0 aromatic carbocycles. The molecule has 1 rings (SSSR count). The average Bonchev–Trinajstić information content (AvgIpc) is 3.17. The van der Waals surface area contributed by atoms with Gasteiger partial charge in [0, 0.05) is 34.3 Å². The standard InChI is InChI=1S/C33H58O11/c1-7-8-9-15-18-23(2)19-16-13-11-10-12-14-17-20-39-21-28(38)22-40-29-30(41-24(3)34)32(43-26(5)36)33(44-27(6)37)31(29)42-25(4)35/h23,28-33,38H,7-22H2,1-6H3/t23?,28-,30+,31+,32-,33-/m0/s1. The van der Waals surface area contributed by atoms with E-state index >= 15 is 0 Å². The van der Waals surface area contributed by atoms with Gasteiger partial charge in [-0.05, 0) is 12.3 Å². The Hall–Kier alpha value is -2.24. The van der Waals surface area contributed by atoms with E-state index < -0.39 is 60.5 Å². The molecule has 0 radical (unpaired) electrons. The van der Waals surface area contributed by atoms with Crippen LogP contribution in [0.3, 0.4) is 0 Å². The summed E-state index contributed by atoms with van der Waals surface area (Å²) in [4.78, 5) is 47.3. The molecule has 0 amide bonds. The third-order valence-corrected chi connectivity index (χ3v) is 7.65. The highest BCUT2D eigenvalue weighted by molar-refractivity contribution is 5.69. The minimum Gasteiger partial charge on any atom is -0.455 e. The van der Waals surface area contributed by atoms with Crippen LogP contribution in [-0.4, -0.2) is 85.4 Å². The summed E-state index contributed by atoms with van der Waals surface area (Å²) in [6.45, 7) is 9.49. The van der Waals surface area contributed by atoms with Gasteiger partial charge in [-0.2, -0.15) is 0 Å². The zero-order valence-electron chi connectivity index (χ0n) is 27.9. The van der Waals surface area contributed by atoms with Crippen LogP contribution >= 0.6 is 0 Å². The molecule has 1 saturated carbocycles. The summed E-state index contributed by atoms with van der Waals surface area (Å²) in [5.41, 5.74) is 0. The molecule has 1 aliphatic rings. The molecular weight excluding hydrogens is 572 g/mol. The highest BCUT2D eigenvalue weighted by Gasteiger charge is 2.59. The van der Waals surface area contributed by atoms with Gasteiger partial charge in [0.1, 0.15) is 12.2 Å². The number of aliphatic hydroxyl groups excluding tert-OH is 1. The van der Waals surface area contributed by atoms with Gasteiger partial charge in [-0.1, -0.05) is 90.9 Å². The van der Waals surface area contributed by atoms with Gasteiger partial charge in [-0.25, -0.2) is 0 Å². The highest BCUT2D eigenvalue weighted by atomic mass is 16.7. The Morgan fingerprint density at radius 2 is 0.955 bits per heavy atom. The van der Waals surface area contributed by atoms with E-state index in [4.69, 9.17) is 28.4 Å². The Labute approximate surface area is 264 Å². The molecule has 0 saturated heterocycles. The van der Waals surface area contributed by atoms with Crippen LogP contribution < -0.4 is 0 Å². The molecule has 0 aromatic heterocycles. The Bertz CT molecular complexity index is 791. The smallest absolute Gasteiger partial charge is 0.303 e. The number of aliphatic hydroxyl groups is 1. The second-order valence-corrected chi connectivity index (χ2v) is 12.0. The molecule has 11 nitrogen and oxygen atoms in total. The van der Waals surface area contributed by atoms with E-state index in [2.05, 4.69) is 13.8 Å². The number of esters is 4. The minimum absolute atomic E-state index is 0.0144. The lowest BCUT2D eigenvalue weighted by Gasteiger charge is -2.26. The first-order chi connectivity index (χ1) is 21.0. The fourth-order valence-corrected chi connectivity index (χ4v) is 5.56. The summed E-state index contributed by atoms with van der Waals surface area (Å²) in [7, 11) is 0. The lowest BCUT2D eigenvalue weighted by atomic mass is 9.96. The minimum atomic E-state index is -1.29. The van der Waals surface area contributed by atoms with Gasteiger partial charge in [-0.15, -0.1) is 0 Å². The molecule has 44 heavy (non-hydrogen) atoms. The Morgan fingerprint density at radius 3 is 1.39 bits per heavy atom. The van der Waals surface area contributed by atoms with Crippen molar-refractivity contribution in [3.05, 3.63) is 0 Å². The van der Waals surface area contributed by atoms with Crippen molar-refractivity contribution in [3.8, 4) is 0 Å². The maximum atomic E-state index is 11.9. The van der Waals surface area contributed by atoms with Crippen molar-refractivity contribution < 1.29 is 52.7 Å². The van der Waals surface area contributed by atoms with Crippen molar-refractivity contribution in [2.24, 2.45) is 5.92 Å². The summed E-state index contributed by atoms with van der Waals surface area (Å²) in [6, 6.07) is 0. The van der Waals surface area contributed by atoms with Gasteiger partial charge in [-0.3, -0.25) is 19.2 Å². The maximum Gasteiger partial charge on any atom is 0.303 e.